The lowest BCUT2D eigenvalue weighted by Crippen LogP contribution is -2.39. The first-order valence-corrected chi connectivity index (χ1v) is 7.94. The monoisotopic (exact) mass is 262 g/mol. The number of nitrogens with one attached hydrogen (secondary N) is 1. The average molecular weight is 262 g/mol. The topological polar surface area (TPSA) is 81.4 Å². The predicted octanol–water partition coefficient (Wildman–Crippen LogP) is 0.212. The van der Waals surface area contributed by atoms with Crippen molar-refractivity contribution in [3.05, 3.63) is 0 Å². The number of ether oxygens (including phenoxy) is 1. The molecule has 5 nitrogen and oxygen atoms in total. The van der Waals surface area contributed by atoms with Gasteiger partial charge >= 0.3 is 0 Å². The number of hydrogen-bond donors (Lipinski definition) is 2. The molecule has 17 heavy (non-hydrogen) atoms. The van der Waals surface area contributed by atoms with Gasteiger partial charge < -0.3 is 10.5 Å². The summed E-state index contributed by atoms with van der Waals surface area (Å²) < 4.78 is 32.0. The number of nitrogens with two attached hydrogens (primary N) is 1. The van der Waals surface area contributed by atoms with Gasteiger partial charge in [0.25, 0.3) is 0 Å². The van der Waals surface area contributed by atoms with Crippen molar-refractivity contribution in [2.45, 2.75) is 43.4 Å². The van der Waals surface area contributed by atoms with E-state index in [4.69, 9.17) is 10.5 Å². The highest BCUT2D eigenvalue weighted by Crippen LogP contribution is 2.24. The summed E-state index contributed by atoms with van der Waals surface area (Å²) >= 11 is 0. The Hall–Kier alpha value is -0.170. The molecule has 0 bridgehead atoms. The number of sulfonamides is 1. The SMILES string of the molecule is NC1CCC(CNS(=O)(=O)C2CCOCC2)C1. The van der Waals surface area contributed by atoms with E-state index in [1.54, 1.807) is 0 Å². The molecule has 3 N–H and O–H groups in total. The summed E-state index contributed by atoms with van der Waals surface area (Å²) in [7, 11) is -3.16. The van der Waals surface area contributed by atoms with Crippen LogP contribution in [0, 0.1) is 5.92 Å². The molecule has 2 rings (SSSR count). The lowest BCUT2D eigenvalue weighted by atomic mass is 10.1. The van der Waals surface area contributed by atoms with Gasteiger partial charge in [-0.1, -0.05) is 0 Å². The minimum Gasteiger partial charge on any atom is -0.381 e. The lowest BCUT2D eigenvalue weighted by Gasteiger charge is -2.23. The fraction of sp³-hybridized carbons (Fsp3) is 1.00. The molecule has 0 amide bonds. The van der Waals surface area contributed by atoms with Crippen LogP contribution >= 0.6 is 0 Å². The minimum atomic E-state index is -3.16. The molecule has 1 heterocycles. The maximum atomic E-state index is 12.0. The minimum absolute atomic E-state index is 0.257. The van der Waals surface area contributed by atoms with E-state index < -0.39 is 10.0 Å². The molecule has 0 spiro atoms. The maximum absolute atomic E-state index is 12.0. The van der Waals surface area contributed by atoms with Gasteiger partial charge in [0, 0.05) is 25.8 Å². The van der Waals surface area contributed by atoms with E-state index in [2.05, 4.69) is 4.72 Å². The van der Waals surface area contributed by atoms with Gasteiger partial charge in [0.15, 0.2) is 0 Å². The van der Waals surface area contributed by atoms with Crippen molar-refractivity contribution in [1.82, 2.24) is 4.72 Å². The Labute approximate surface area is 103 Å². The molecule has 0 aromatic carbocycles. The molecular weight excluding hydrogens is 240 g/mol. The summed E-state index contributed by atoms with van der Waals surface area (Å²) in [5, 5.41) is -0.272. The van der Waals surface area contributed by atoms with E-state index in [0.717, 1.165) is 19.3 Å². The molecule has 2 fully saturated rings. The smallest absolute Gasteiger partial charge is 0.214 e. The zero-order valence-corrected chi connectivity index (χ0v) is 10.9. The van der Waals surface area contributed by atoms with E-state index in [-0.39, 0.29) is 11.3 Å². The second kappa shape index (κ2) is 5.65. The average Bonchev–Trinajstić information content (AvgIpc) is 2.74. The van der Waals surface area contributed by atoms with Gasteiger partial charge in [0.1, 0.15) is 0 Å². The number of hydrogen-bond acceptors (Lipinski definition) is 4. The van der Waals surface area contributed by atoms with Crippen molar-refractivity contribution in [3.8, 4) is 0 Å². The van der Waals surface area contributed by atoms with Crippen LogP contribution in [0.4, 0.5) is 0 Å². The summed E-state index contributed by atoms with van der Waals surface area (Å²) in [6.07, 6.45) is 4.22. The molecule has 6 heteroatoms. The first kappa shape index (κ1) is 13.3. The lowest BCUT2D eigenvalue weighted by molar-refractivity contribution is 0.0981. The van der Waals surface area contributed by atoms with Gasteiger partial charge in [0.05, 0.1) is 5.25 Å². The Balaban J connectivity index is 1.80. The third-order valence-corrected chi connectivity index (χ3v) is 5.68. The summed E-state index contributed by atoms with van der Waals surface area (Å²) in [4.78, 5) is 0. The summed E-state index contributed by atoms with van der Waals surface area (Å²) in [5.41, 5.74) is 5.81. The molecule has 1 saturated carbocycles. The Morgan fingerprint density at radius 2 is 1.88 bits per heavy atom. The second-order valence-electron chi connectivity index (χ2n) is 5.14. The van der Waals surface area contributed by atoms with Crippen LogP contribution in [0.15, 0.2) is 0 Å². The largest absolute Gasteiger partial charge is 0.381 e. The van der Waals surface area contributed by atoms with Crippen LogP contribution in [0.3, 0.4) is 0 Å². The first-order valence-electron chi connectivity index (χ1n) is 6.40. The van der Waals surface area contributed by atoms with E-state index in [1.807, 2.05) is 0 Å². The zero-order chi connectivity index (χ0) is 12.3. The molecule has 1 aliphatic carbocycles. The van der Waals surface area contributed by atoms with Crippen LogP contribution in [0.2, 0.25) is 0 Å². The van der Waals surface area contributed by atoms with Gasteiger partial charge in [-0.3, -0.25) is 0 Å². The molecule has 2 atom stereocenters. The standard InChI is InChI=1S/C11H22N2O3S/c12-10-2-1-9(7-10)8-13-17(14,15)11-3-5-16-6-4-11/h9-11,13H,1-8,12H2. The highest BCUT2D eigenvalue weighted by Gasteiger charge is 2.29. The van der Waals surface area contributed by atoms with Gasteiger partial charge in [-0.15, -0.1) is 0 Å². The Morgan fingerprint density at radius 3 is 2.47 bits per heavy atom. The zero-order valence-electron chi connectivity index (χ0n) is 10.1. The van der Waals surface area contributed by atoms with Gasteiger partial charge in [-0.25, -0.2) is 13.1 Å². The Morgan fingerprint density at radius 1 is 1.18 bits per heavy atom. The summed E-state index contributed by atoms with van der Waals surface area (Å²) in [5.74, 6) is 0.416. The Kier molecular flexibility index (Phi) is 4.41. The predicted molar refractivity (Wildman–Crippen MR) is 66.1 cm³/mol. The molecule has 0 aromatic rings. The highest BCUT2D eigenvalue weighted by atomic mass is 32.2. The third kappa shape index (κ3) is 3.64. The van der Waals surface area contributed by atoms with Crippen molar-refractivity contribution >= 4 is 10.0 Å². The first-order chi connectivity index (χ1) is 8.08. The fourth-order valence-electron chi connectivity index (χ4n) is 2.64. The highest BCUT2D eigenvalue weighted by molar-refractivity contribution is 7.90. The van der Waals surface area contributed by atoms with Crippen LogP contribution < -0.4 is 10.5 Å². The van der Waals surface area contributed by atoms with Crippen molar-refractivity contribution in [1.29, 1.82) is 0 Å². The Bertz CT molecular complexity index is 339. The maximum Gasteiger partial charge on any atom is 0.214 e. The number of rotatable bonds is 4. The van der Waals surface area contributed by atoms with E-state index in [1.165, 1.54) is 0 Å². The van der Waals surface area contributed by atoms with Crippen LogP contribution in [-0.2, 0) is 14.8 Å². The van der Waals surface area contributed by atoms with Gasteiger partial charge in [-0.2, -0.15) is 0 Å². The van der Waals surface area contributed by atoms with E-state index in [9.17, 15) is 8.42 Å². The molecule has 0 radical (unpaired) electrons. The molecule has 2 unspecified atom stereocenters. The molecule has 0 aromatic heterocycles. The van der Waals surface area contributed by atoms with Gasteiger partial charge in [-0.05, 0) is 38.0 Å². The van der Waals surface area contributed by atoms with Gasteiger partial charge in [0.2, 0.25) is 10.0 Å². The quantitative estimate of drug-likeness (QED) is 0.759. The molecule has 2 aliphatic rings. The normalized spacial score (nSPS) is 31.8. The molecule has 1 aliphatic heterocycles. The molecule has 100 valence electrons. The third-order valence-electron chi connectivity index (χ3n) is 3.76. The van der Waals surface area contributed by atoms with Crippen molar-refractivity contribution in [2.75, 3.05) is 19.8 Å². The van der Waals surface area contributed by atoms with Crippen LogP contribution in [0.1, 0.15) is 32.1 Å². The summed E-state index contributed by atoms with van der Waals surface area (Å²) in [6, 6.07) is 0.257. The van der Waals surface area contributed by atoms with Crippen molar-refractivity contribution < 1.29 is 13.2 Å². The molecular formula is C11H22N2O3S. The van der Waals surface area contributed by atoms with Crippen LogP contribution in [0.5, 0.6) is 0 Å². The molecule has 1 saturated heterocycles. The van der Waals surface area contributed by atoms with E-state index in [0.29, 0.717) is 38.5 Å². The van der Waals surface area contributed by atoms with Crippen molar-refractivity contribution in [2.24, 2.45) is 11.7 Å². The van der Waals surface area contributed by atoms with E-state index >= 15 is 0 Å². The van der Waals surface area contributed by atoms with Crippen LogP contribution in [0.25, 0.3) is 0 Å². The fourth-order valence-corrected chi connectivity index (χ4v) is 4.15. The summed E-state index contributed by atoms with van der Waals surface area (Å²) in [6.45, 7) is 1.66. The van der Waals surface area contributed by atoms with Crippen molar-refractivity contribution in [3.63, 3.8) is 0 Å². The second-order valence-corrected chi connectivity index (χ2v) is 7.19. The van der Waals surface area contributed by atoms with Crippen LogP contribution in [-0.4, -0.2) is 39.5 Å².